The van der Waals surface area contributed by atoms with Gasteiger partial charge in [-0.15, -0.1) is 0 Å². The first-order valence-corrected chi connectivity index (χ1v) is 9.26. The van der Waals surface area contributed by atoms with Crippen molar-refractivity contribution in [3.8, 4) is 0 Å². The molecule has 27 heavy (non-hydrogen) atoms. The molecule has 1 aliphatic rings. The van der Waals surface area contributed by atoms with E-state index >= 15 is 0 Å². The van der Waals surface area contributed by atoms with Crippen LogP contribution in [0.15, 0.2) is 48.5 Å². The Hall–Kier alpha value is -1.60. The van der Waals surface area contributed by atoms with Crippen LogP contribution in [0.3, 0.4) is 0 Å². The van der Waals surface area contributed by atoms with Crippen LogP contribution in [-0.2, 0) is 17.5 Å². The van der Waals surface area contributed by atoms with E-state index in [1.807, 2.05) is 18.2 Å². The van der Waals surface area contributed by atoms with Crippen LogP contribution in [0.4, 0.5) is 13.2 Å². The summed E-state index contributed by atoms with van der Waals surface area (Å²) in [5, 5.41) is 3.05. The van der Waals surface area contributed by atoms with Crippen molar-refractivity contribution in [2.24, 2.45) is 0 Å². The summed E-state index contributed by atoms with van der Waals surface area (Å²) in [6.45, 7) is 3.90. The summed E-state index contributed by atoms with van der Waals surface area (Å²) in [5.41, 5.74) is 0.818. The van der Waals surface area contributed by atoms with Gasteiger partial charge in [0.25, 0.3) is 0 Å². The summed E-state index contributed by atoms with van der Waals surface area (Å²) in [5.74, 6) is 0. The average molecular weight is 399 g/mol. The SMILES string of the molecule is FC(F)(F)c1cccc(CNCC(c2ccccc2)N2CCOCC2)c1Cl. The molecule has 0 spiro atoms. The molecule has 146 valence electrons. The number of hydrogen-bond acceptors (Lipinski definition) is 3. The molecular formula is C20H22ClF3N2O. The molecule has 1 saturated heterocycles. The predicted octanol–water partition coefficient (Wildman–Crippen LogP) is 4.52. The van der Waals surface area contributed by atoms with Gasteiger partial charge in [0.1, 0.15) is 0 Å². The molecule has 0 amide bonds. The van der Waals surface area contributed by atoms with Crippen molar-refractivity contribution in [2.75, 3.05) is 32.8 Å². The number of morpholine rings is 1. The summed E-state index contributed by atoms with van der Waals surface area (Å²) in [7, 11) is 0. The Morgan fingerprint density at radius 2 is 1.74 bits per heavy atom. The Balaban J connectivity index is 1.69. The third kappa shape index (κ3) is 5.23. The van der Waals surface area contributed by atoms with Gasteiger partial charge in [-0.3, -0.25) is 4.90 Å². The monoisotopic (exact) mass is 398 g/mol. The van der Waals surface area contributed by atoms with E-state index in [1.54, 1.807) is 6.07 Å². The molecule has 1 fully saturated rings. The number of halogens is 4. The summed E-state index contributed by atoms with van der Waals surface area (Å²) in [6.07, 6.45) is -4.45. The van der Waals surface area contributed by atoms with Gasteiger partial charge in [0, 0.05) is 32.2 Å². The zero-order valence-corrected chi connectivity index (χ0v) is 15.6. The van der Waals surface area contributed by atoms with Crippen LogP contribution in [0.2, 0.25) is 5.02 Å². The van der Waals surface area contributed by atoms with E-state index in [4.69, 9.17) is 16.3 Å². The minimum atomic E-state index is -4.45. The van der Waals surface area contributed by atoms with Crippen molar-refractivity contribution in [3.05, 3.63) is 70.2 Å². The zero-order chi connectivity index (χ0) is 19.3. The Labute approximate surface area is 162 Å². The van der Waals surface area contributed by atoms with Gasteiger partial charge in [-0.05, 0) is 17.2 Å². The summed E-state index contributed by atoms with van der Waals surface area (Å²) in [6, 6.07) is 14.2. The molecule has 2 aromatic rings. The molecule has 2 aromatic carbocycles. The minimum absolute atomic E-state index is 0.125. The summed E-state index contributed by atoms with van der Waals surface area (Å²) < 4.78 is 44.5. The molecule has 1 heterocycles. The van der Waals surface area contributed by atoms with Crippen LogP contribution in [0.1, 0.15) is 22.7 Å². The van der Waals surface area contributed by atoms with Gasteiger partial charge in [0.15, 0.2) is 0 Å². The topological polar surface area (TPSA) is 24.5 Å². The molecule has 0 radical (unpaired) electrons. The van der Waals surface area contributed by atoms with Crippen LogP contribution in [0.5, 0.6) is 0 Å². The van der Waals surface area contributed by atoms with Gasteiger partial charge < -0.3 is 10.1 Å². The smallest absolute Gasteiger partial charge is 0.379 e. The molecule has 1 N–H and O–H groups in total. The van der Waals surface area contributed by atoms with Crippen molar-refractivity contribution in [3.63, 3.8) is 0 Å². The second-order valence-electron chi connectivity index (χ2n) is 6.48. The first-order valence-electron chi connectivity index (χ1n) is 8.89. The fourth-order valence-corrected chi connectivity index (χ4v) is 3.60. The van der Waals surface area contributed by atoms with Crippen LogP contribution in [0.25, 0.3) is 0 Å². The normalized spacial score (nSPS) is 17.0. The minimum Gasteiger partial charge on any atom is -0.379 e. The molecule has 0 aliphatic carbocycles. The number of rotatable bonds is 6. The van der Waals surface area contributed by atoms with Crippen molar-refractivity contribution in [1.29, 1.82) is 0 Å². The van der Waals surface area contributed by atoms with E-state index in [9.17, 15) is 13.2 Å². The third-order valence-electron chi connectivity index (χ3n) is 4.71. The second kappa shape index (κ2) is 9.06. The second-order valence-corrected chi connectivity index (χ2v) is 6.86. The number of nitrogens with one attached hydrogen (secondary N) is 1. The molecule has 7 heteroatoms. The van der Waals surface area contributed by atoms with Gasteiger partial charge in [-0.25, -0.2) is 0 Å². The van der Waals surface area contributed by atoms with Gasteiger partial charge in [-0.1, -0.05) is 54.1 Å². The maximum absolute atomic E-state index is 13.0. The highest BCUT2D eigenvalue weighted by atomic mass is 35.5. The van der Waals surface area contributed by atoms with Crippen LogP contribution < -0.4 is 5.32 Å². The lowest BCUT2D eigenvalue weighted by Gasteiger charge is -2.35. The molecule has 1 unspecified atom stereocenters. The average Bonchev–Trinajstić information content (AvgIpc) is 2.67. The fraction of sp³-hybridized carbons (Fsp3) is 0.400. The molecule has 0 bridgehead atoms. The lowest BCUT2D eigenvalue weighted by atomic mass is 10.0. The highest BCUT2D eigenvalue weighted by Gasteiger charge is 2.33. The number of nitrogens with zero attached hydrogens (tertiary/aromatic N) is 1. The fourth-order valence-electron chi connectivity index (χ4n) is 3.30. The van der Waals surface area contributed by atoms with E-state index < -0.39 is 11.7 Å². The number of ether oxygens (including phenoxy) is 1. The first kappa shape index (κ1) is 20.1. The van der Waals surface area contributed by atoms with E-state index in [-0.39, 0.29) is 17.6 Å². The van der Waals surface area contributed by atoms with Crippen molar-refractivity contribution >= 4 is 11.6 Å². The largest absolute Gasteiger partial charge is 0.417 e. The Morgan fingerprint density at radius 1 is 1.04 bits per heavy atom. The molecule has 3 rings (SSSR count). The van der Waals surface area contributed by atoms with Crippen LogP contribution >= 0.6 is 11.6 Å². The lowest BCUT2D eigenvalue weighted by Crippen LogP contribution is -2.42. The van der Waals surface area contributed by atoms with Crippen molar-refractivity contribution in [1.82, 2.24) is 10.2 Å². The first-order chi connectivity index (χ1) is 13.0. The van der Waals surface area contributed by atoms with Gasteiger partial charge in [0.2, 0.25) is 0 Å². The lowest BCUT2D eigenvalue weighted by molar-refractivity contribution is -0.137. The van der Waals surface area contributed by atoms with Crippen LogP contribution in [0, 0.1) is 0 Å². The van der Waals surface area contributed by atoms with Gasteiger partial charge in [-0.2, -0.15) is 13.2 Å². The number of benzene rings is 2. The molecular weight excluding hydrogens is 377 g/mol. The quantitative estimate of drug-likeness (QED) is 0.774. The Morgan fingerprint density at radius 3 is 2.41 bits per heavy atom. The predicted molar refractivity (Wildman–Crippen MR) is 99.7 cm³/mol. The zero-order valence-electron chi connectivity index (χ0n) is 14.8. The molecule has 1 aliphatic heterocycles. The highest BCUT2D eigenvalue weighted by Crippen LogP contribution is 2.36. The summed E-state index contributed by atoms with van der Waals surface area (Å²) in [4.78, 5) is 2.33. The van der Waals surface area contributed by atoms with Gasteiger partial charge in [0.05, 0.1) is 23.8 Å². The molecule has 3 nitrogen and oxygen atoms in total. The van der Waals surface area contributed by atoms with E-state index in [1.165, 1.54) is 11.6 Å². The van der Waals surface area contributed by atoms with E-state index in [2.05, 4.69) is 22.3 Å². The Bertz CT molecular complexity index is 734. The van der Waals surface area contributed by atoms with Crippen LogP contribution in [-0.4, -0.2) is 37.7 Å². The van der Waals surface area contributed by atoms with Crippen molar-refractivity contribution < 1.29 is 17.9 Å². The van der Waals surface area contributed by atoms with Gasteiger partial charge >= 0.3 is 6.18 Å². The summed E-state index contributed by atoms with van der Waals surface area (Å²) >= 11 is 5.99. The third-order valence-corrected chi connectivity index (χ3v) is 5.15. The Kier molecular flexibility index (Phi) is 6.76. The standard InChI is InChI=1S/C20H22ClF3N2O/c21-19-16(7-4-8-17(19)20(22,23)24)13-25-14-18(15-5-2-1-3-6-15)26-9-11-27-12-10-26/h1-8,18,25H,9-14H2. The number of hydrogen-bond donors (Lipinski definition) is 1. The highest BCUT2D eigenvalue weighted by molar-refractivity contribution is 6.32. The maximum Gasteiger partial charge on any atom is 0.417 e. The molecule has 0 aromatic heterocycles. The molecule has 0 saturated carbocycles. The number of alkyl halides is 3. The van der Waals surface area contributed by atoms with E-state index in [0.29, 0.717) is 25.3 Å². The van der Waals surface area contributed by atoms with E-state index in [0.717, 1.165) is 19.2 Å². The molecule has 1 atom stereocenters. The van der Waals surface area contributed by atoms with Crippen molar-refractivity contribution in [2.45, 2.75) is 18.8 Å². The maximum atomic E-state index is 13.0.